The summed E-state index contributed by atoms with van der Waals surface area (Å²) in [7, 11) is 0. The van der Waals surface area contributed by atoms with Gasteiger partial charge in [-0.25, -0.2) is 4.39 Å². The third-order valence-electron chi connectivity index (χ3n) is 6.24. The Bertz CT molecular complexity index is 582. The Balaban J connectivity index is 1.70. The van der Waals surface area contributed by atoms with E-state index in [4.69, 9.17) is 11.6 Å². The summed E-state index contributed by atoms with van der Waals surface area (Å²) in [5, 5.41) is 0.478. The maximum Gasteiger partial charge on any atom is 0.132 e. The highest BCUT2D eigenvalue weighted by atomic mass is 35.5. The van der Waals surface area contributed by atoms with Crippen molar-refractivity contribution >= 4 is 17.2 Å². The van der Waals surface area contributed by atoms with E-state index < -0.39 is 0 Å². The van der Waals surface area contributed by atoms with Gasteiger partial charge in [-0.15, -0.1) is 0 Å². The zero-order valence-corrected chi connectivity index (χ0v) is 15.1. The number of benzene rings is 1. The molecule has 1 fully saturated rings. The van der Waals surface area contributed by atoms with Crippen LogP contribution in [0.5, 0.6) is 0 Å². The molecule has 126 valence electrons. The van der Waals surface area contributed by atoms with Gasteiger partial charge in [0.2, 0.25) is 0 Å². The van der Waals surface area contributed by atoms with Gasteiger partial charge in [0.25, 0.3) is 0 Å². The van der Waals surface area contributed by atoms with Gasteiger partial charge in [-0.05, 0) is 74.5 Å². The number of hydrogen-bond donors (Lipinski definition) is 0. The fraction of sp³-hybridized carbons (Fsp3) is 0.619. The Morgan fingerprint density at radius 2 is 1.83 bits per heavy atom. The molecule has 0 bridgehead atoms. The third-order valence-corrected chi connectivity index (χ3v) is 6.48. The van der Waals surface area contributed by atoms with Crippen LogP contribution in [-0.4, -0.2) is 0 Å². The molecule has 0 nitrogen and oxygen atoms in total. The zero-order valence-electron chi connectivity index (χ0n) is 14.4. The minimum absolute atomic E-state index is 0.172. The summed E-state index contributed by atoms with van der Waals surface area (Å²) < 4.78 is 14.2. The largest absolute Gasteiger partial charge is 0.206 e. The Hall–Kier alpha value is -0.820. The molecule has 0 spiro atoms. The molecule has 2 aliphatic rings. The first-order chi connectivity index (χ1) is 11.1. The van der Waals surface area contributed by atoms with Gasteiger partial charge in [0.15, 0.2) is 0 Å². The Kier molecular flexibility index (Phi) is 5.46. The topological polar surface area (TPSA) is 0 Å². The highest BCUT2D eigenvalue weighted by Gasteiger charge is 2.30. The Morgan fingerprint density at radius 3 is 2.43 bits per heavy atom. The number of hydrogen-bond acceptors (Lipinski definition) is 0. The highest BCUT2D eigenvalue weighted by Crippen LogP contribution is 2.44. The van der Waals surface area contributed by atoms with Gasteiger partial charge < -0.3 is 0 Å². The summed E-state index contributed by atoms with van der Waals surface area (Å²) in [4.78, 5) is 0. The fourth-order valence-corrected chi connectivity index (χ4v) is 4.89. The van der Waals surface area contributed by atoms with Crippen molar-refractivity contribution in [1.29, 1.82) is 0 Å². The lowest BCUT2D eigenvalue weighted by atomic mass is 9.69. The molecule has 0 aliphatic heterocycles. The third kappa shape index (κ3) is 3.82. The molecule has 1 aromatic rings. The lowest BCUT2D eigenvalue weighted by molar-refractivity contribution is 0.190. The van der Waals surface area contributed by atoms with Gasteiger partial charge in [0.1, 0.15) is 5.82 Å². The highest BCUT2D eigenvalue weighted by molar-refractivity contribution is 6.30. The standard InChI is InChI=1S/C21H28ClF/c1-3-15-4-6-16(7-5-15)17-8-10-19(14(2)12-17)20-11-9-18(22)13-21(20)23/h9,11,13,15-17H,3-8,10,12H2,1-2H3. The SMILES string of the molecule is CCC1CCC(C2CCC(c3ccc(Cl)cc3F)=C(C)C2)CC1. The summed E-state index contributed by atoms with van der Waals surface area (Å²) in [5.41, 5.74) is 3.37. The Morgan fingerprint density at radius 1 is 1.09 bits per heavy atom. The van der Waals surface area contributed by atoms with Crippen LogP contribution in [0, 0.1) is 23.6 Å². The van der Waals surface area contributed by atoms with E-state index in [1.165, 1.54) is 55.7 Å². The molecule has 0 heterocycles. The van der Waals surface area contributed by atoms with E-state index in [0.717, 1.165) is 36.2 Å². The van der Waals surface area contributed by atoms with Crippen LogP contribution in [0.15, 0.2) is 23.8 Å². The molecule has 0 saturated heterocycles. The van der Waals surface area contributed by atoms with Gasteiger partial charge >= 0.3 is 0 Å². The molecule has 0 amide bonds. The second kappa shape index (κ2) is 7.38. The van der Waals surface area contributed by atoms with E-state index >= 15 is 0 Å². The van der Waals surface area contributed by atoms with Crippen LogP contribution in [0.2, 0.25) is 5.02 Å². The Labute approximate surface area is 145 Å². The molecular formula is C21H28ClF. The van der Waals surface area contributed by atoms with E-state index in [2.05, 4.69) is 13.8 Å². The minimum Gasteiger partial charge on any atom is -0.206 e. The van der Waals surface area contributed by atoms with Crippen LogP contribution in [0.1, 0.15) is 70.8 Å². The fourth-order valence-electron chi connectivity index (χ4n) is 4.73. The van der Waals surface area contributed by atoms with Crippen molar-refractivity contribution in [2.45, 2.75) is 65.2 Å². The first-order valence-corrected chi connectivity index (χ1v) is 9.60. The van der Waals surface area contributed by atoms with E-state index in [-0.39, 0.29) is 5.82 Å². The molecule has 1 saturated carbocycles. The van der Waals surface area contributed by atoms with E-state index in [0.29, 0.717) is 5.02 Å². The predicted octanol–water partition coefficient (Wildman–Crippen LogP) is 7.27. The van der Waals surface area contributed by atoms with Crippen molar-refractivity contribution in [2.75, 3.05) is 0 Å². The molecule has 0 aromatic heterocycles. The maximum atomic E-state index is 14.2. The minimum atomic E-state index is -0.172. The second-order valence-corrected chi connectivity index (χ2v) is 8.01. The van der Waals surface area contributed by atoms with Crippen LogP contribution < -0.4 is 0 Å². The van der Waals surface area contributed by atoms with Crippen molar-refractivity contribution in [1.82, 2.24) is 0 Å². The van der Waals surface area contributed by atoms with E-state index in [9.17, 15) is 4.39 Å². The van der Waals surface area contributed by atoms with Crippen molar-refractivity contribution < 1.29 is 4.39 Å². The summed E-state index contributed by atoms with van der Waals surface area (Å²) in [6.45, 7) is 4.53. The molecule has 1 atom stereocenters. The van der Waals surface area contributed by atoms with Gasteiger partial charge in [-0.1, -0.05) is 49.4 Å². The van der Waals surface area contributed by atoms with Gasteiger partial charge in [0, 0.05) is 10.6 Å². The van der Waals surface area contributed by atoms with E-state index in [1.807, 2.05) is 6.07 Å². The second-order valence-electron chi connectivity index (χ2n) is 7.57. The van der Waals surface area contributed by atoms with Crippen LogP contribution in [-0.2, 0) is 0 Å². The van der Waals surface area contributed by atoms with Crippen molar-refractivity contribution in [3.05, 3.63) is 40.2 Å². The number of rotatable bonds is 3. The van der Waals surface area contributed by atoms with Crippen molar-refractivity contribution in [2.24, 2.45) is 17.8 Å². The van der Waals surface area contributed by atoms with Crippen LogP contribution >= 0.6 is 11.6 Å². The quantitative estimate of drug-likeness (QED) is 0.545. The average molecular weight is 335 g/mol. The summed E-state index contributed by atoms with van der Waals surface area (Å²) in [5.74, 6) is 2.50. The molecule has 0 radical (unpaired) electrons. The first-order valence-electron chi connectivity index (χ1n) is 9.22. The number of halogens is 2. The summed E-state index contributed by atoms with van der Waals surface area (Å²) in [6, 6.07) is 5.09. The van der Waals surface area contributed by atoms with Crippen LogP contribution in [0.25, 0.3) is 5.57 Å². The summed E-state index contributed by atoms with van der Waals surface area (Å²) >= 11 is 5.88. The predicted molar refractivity (Wildman–Crippen MR) is 97.1 cm³/mol. The molecule has 1 aromatic carbocycles. The normalized spacial score (nSPS) is 29.0. The molecule has 2 aliphatic carbocycles. The molecule has 0 N–H and O–H groups in total. The smallest absolute Gasteiger partial charge is 0.132 e. The molecule has 1 unspecified atom stereocenters. The number of allylic oxidation sites excluding steroid dienone is 2. The van der Waals surface area contributed by atoms with Gasteiger partial charge in [0.05, 0.1) is 0 Å². The van der Waals surface area contributed by atoms with Crippen molar-refractivity contribution in [3.8, 4) is 0 Å². The molecular weight excluding hydrogens is 307 g/mol. The monoisotopic (exact) mass is 334 g/mol. The first kappa shape index (κ1) is 17.0. The lowest BCUT2D eigenvalue weighted by Gasteiger charge is -2.36. The average Bonchev–Trinajstić information content (AvgIpc) is 2.55. The van der Waals surface area contributed by atoms with Crippen LogP contribution in [0.3, 0.4) is 0 Å². The van der Waals surface area contributed by atoms with Crippen LogP contribution in [0.4, 0.5) is 4.39 Å². The van der Waals surface area contributed by atoms with Crippen molar-refractivity contribution in [3.63, 3.8) is 0 Å². The van der Waals surface area contributed by atoms with E-state index in [1.54, 1.807) is 6.07 Å². The molecule has 3 rings (SSSR count). The van der Waals surface area contributed by atoms with Gasteiger partial charge in [-0.3, -0.25) is 0 Å². The molecule has 23 heavy (non-hydrogen) atoms. The van der Waals surface area contributed by atoms with Gasteiger partial charge in [-0.2, -0.15) is 0 Å². The zero-order chi connectivity index (χ0) is 16.4. The molecule has 2 heteroatoms. The summed E-state index contributed by atoms with van der Waals surface area (Å²) in [6.07, 6.45) is 10.4. The maximum absolute atomic E-state index is 14.2. The lowest BCUT2D eigenvalue weighted by Crippen LogP contribution is -2.24.